The Labute approximate surface area is 123 Å². The zero-order valence-corrected chi connectivity index (χ0v) is 11.6. The van der Waals surface area contributed by atoms with E-state index >= 15 is 0 Å². The number of hydrogen-bond donors (Lipinski definition) is 4. The molecule has 8 heteroatoms. The van der Waals surface area contributed by atoms with Gasteiger partial charge in [0.15, 0.2) is 0 Å². The van der Waals surface area contributed by atoms with Crippen LogP contribution in [0.1, 0.15) is 13.8 Å². The molecule has 8 nitrogen and oxygen atoms in total. The second kappa shape index (κ2) is 3.23. The molecule has 3 aliphatic rings. The molecule has 0 spiro atoms. The second-order valence-electron chi connectivity index (χ2n) is 6.20. The molecule has 3 aliphatic carbocycles. The third kappa shape index (κ3) is 0.863. The summed E-state index contributed by atoms with van der Waals surface area (Å²) < 4.78 is 0. The van der Waals surface area contributed by atoms with Crippen LogP contribution in [0, 0.1) is 21.7 Å². The van der Waals surface area contributed by atoms with Crippen molar-refractivity contribution in [1.82, 2.24) is 0 Å². The molecule has 22 heavy (non-hydrogen) atoms. The summed E-state index contributed by atoms with van der Waals surface area (Å²) in [4.78, 5) is 46.5. The van der Waals surface area contributed by atoms with E-state index in [1.165, 1.54) is 13.8 Å². The van der Waals surface area contributed by atoms with Crippen molar-refractivity contribution in [2.45, 2.75) is 13.8 Å². The van der Waals surface area contributed by atoms with Crippen molar-refractivity contribution in [2.75, 3.05) is 0 Å². The van der Waals surface area contributed by atoms with E-state index in [2.05, 4.69) is 0 Å². The number of carboxylic acid groups (broad SMARTS) is 4. The lowest BCUT2D eigenvalue weighted by Crippen LogP contribution is -2.36. The summed E-state index contributed by atoms with van der Waals surface area (Å²) in [5, 5.41) is 37.8. The topological polar surface area (TPSA) is 149 Å². The Hall–Kier alpha value is -2.64. The minimum Gasteiger partial charge on any atom is -0.481 e. The number of hydrogen-bond acceptors (Lipinski definition) is 4. The molecule has 3 rings (SSSR count). The van der Waals surface area contributed by atoms with E-state index in [1.807, 2.05) is 0 Å². The highest BCUT2D eigenvalue weighted by atomic mass is 16.4. The molecule has 0 bridgehead atoms. The minimum atomic E-state index is -1.95. The smallest absolute Gasteiger partial charge is 0.332 e. The lowest BCUT2D eigenvalue weighted by atomic mass is 9.67. The molecule has 3 unspecified atom stereocenters. The molecule has 0 saturated heterocycles. The van der Waals surface area contributed by atoms with Gasteiger partial charge in [-0.15, -0.1) is 0 Å². The van der Waals surface area contributed by atoms with Crippen LogP contribution < -0.4 is 0 Å². The number of fused-ring (bicyclic) bond motifs is 1. The van der Waals surface area contributed by atoms with Gasteiger partial charge in [0.2, 0.25) is 0 Å². The average molecular weight is 308 g/mol. The zero-order chi connectivity index (χ0) is 16.9. The normalized spacial score (nSPS) is 43.9. The number of rotatable bonds is 4. The monoisotopic (exact) mass is 308 g/mol. The quantitative estimate of drug-likeness (QED) is 0.575. The predicted molar refractivity (Wildman–Crippen MR) is 67.8 cm³/mol. The first kappa shape index (κ1) is 14.3. The van der Waals surface area contributed by atoms with Crippen molar-refractivity contribution in [2.24, 2.45) is 21.7 Å². The average Bonchev–Trinajstić information content (AvgIpc) is 2.72. The standard InChI is InChI=1S/C14H12O8/c1-11-5(7(15)16)3-13(9(19)20)12(11,2)14(13,10(21)22)4-6(11)8(17)18/h3-4H,1-2H3,(H,15,16)(H,17,18)(H,19,20)(H,21,22)/t11?,12?,13-,14?/m0/s1. The van der Waals surface area contributed by atoms with Gasteiger partial charge in [0.05, 0.1) is 0 Å². The van der Waals surface area contributed by atoms with Crippen molar-refractivity contribution in [3.8, 4) is 0 Å². The van der Waals surface area contributed by atoms with Crippen molar-refractivity contribution in [1.29, 1.82) is 0 Å². The van der Waals surface area contributed by atoms with Gasteiger partial charge in [-0.2, -0.15) is 0 Å². The molecule has 116 valence electrons. The van der Waals surface area contributed by atoms with E-state index in [0.717, 1.165) is 12.2 Å². The van der Waals surface area contributed by atoms with Crippen LogP contribution in [-0.4, -0.2) is 44.3 Å². The van der Waals surface area contributed by atoms with Gasteiger partial charge in [0, 0.05) is 22.0 Å². The lowest BCUT2D eigenvalue weighted by molar-refractivity contribution is -0.150. The first-order valence-electron chi connectivity index (χ1n) is 6.37. The Morgan fingerprint density at radius 1 is 0.773 bits per heavy atom. The molecule has 1 saturated carbocycles. The molecule has 1 fully saturated rings. The van der Waals surface area contributed by atoms with E-state index in [9.17, 15) is 39.6 Å². The fourth-order valence-corrected chi connectivity index (χ4v) is 4.93. The maximum absolute atomic E-state index is 11.8. The Morgan fingerprint density at radius 3 is 1.32 bits per heavy atom. The van der Waals surface area contributed by atoms with Crippen molar-refractivity contribution in [3.63, 3.8) is 0 Å². The van der Waals surface area contributed by atoms with Crippen LogP contribution >= 0.6 is 0 Å². The van der Waals surface area contributed by atoms with Gasteiger partial charge in [0.25, 0.3) is 0 Å². The van der Waals surface area contributed by atoms with Crippen LogP contribution in [0.3, 0.4) is 0 Å². The van der Waals surface area contributed by atoms with Gasteiger partial charge in [-0.1, -0.05) is 26.0 Å². The molecule has 0 heterocycles. The fourth-order valence-electron chi connectivity index (χ4n) is 4.93. The fraction of sp³-hybridized carbons (Fsp3) is 0.429. The van der Waals surface area contributed by atoms with E-state index in [0.29, 0.717) is 0 Å². The maximum atomic E-state index is 11.8. The summed E-state index contributed by atoms with van der Waals surface area (Å²) in [6.45, 7) is 2.61. The third-order valence-corrected chi connectivity index (χ3v) is 6.07. The highest BCUT2D eigenvalue weighted by molar-refractivity contribution is 6.11. The van der Waals surface area contributed by atoms with Crippen LogP contribution in [0.25, 0.3) is 0 Å². The van der Waals surface area contributed by atoms with Crippen LogP contribution in [0.5, 0.6) is 0 Å². The van der Waals surface area contributed by atoms with Crippen LogP contribution in [0.2, 0.25) is 0 Å². The lowest BCUT2D eigenvalue weighted by Gasteiger charge is -2.32. The Kier molecular flexibility index (Phi) is 2.10. The molecule has 0 aromatic rings. The predicted octanol–water partition coefficient (Wildman–Crippen LogP) is 0.204. The van der Waals surface area contributed by atoms with Gasteiger partial charge in [-0.3, -0.25) is 9.59 Å². The van der Waals surface area contributed by atoms with Gasteiger partial charge in [0.1, 0.15) is 10.8 Å². The molecule has 4 N–H and O–H groups in total. The van der Waals surface area contributed by atoms with E-state index in [-0.39, 0.29) is 11.1 Å². The Bertz CT molecular complexity index is 701. The second-order valence-corrected chi connectivity index (χ2v) is 6.20. The largest absolute Gasteiger partial charge is 0.481 e. The number of aliphatic carboxylic acids is 4. The van der Waals surface area contributed by atoms with Crippen molar-refractivity contribution < 1.29 is 39.6 Å². The van der Waals surface area contributed by atoms with E-state index in [4.69, 9.17) is 0 Å². The van der Waals surface area contributed by atoms with Crippen molar-refractivity contribution in [3.05, 3.63) is 23.3 Å². The number of carbonyl (C=O) groups is 4. The van der Waals surface area contributed by atoms with Gasteiger partial charge >= 0.3 is 23.9 Å². The van der Waals surface area contributed by atoms with Gasteiger partial charge < -0.3 is 20.4 Å². The Morgan fingerprint density at radius 2 is 1.09 bits per heavy atom. The first-order valence-corrected chi connectivity index (χ1v) is 6.37. The van der Waals surface area contributed by atoms with Crippen LogP contribution in [0.4, 0.5) is 0 Å². The molecular formula is C14H12O8. The SMILES string of the molecule is CC12C(C(=O)O)=CC3(C(=O)O)C1(C)[C@@]3(C(=O)O)C=C2C(=O)O. The summed E-state index contributed by atoms with van der Waals surface area (Å²) in [6.07, 6.45) is 1.83. The highest BCUT2D eigenvalue weighted by Gasteiger charge is 3.00. The van der Waals surface area contributed by atoms with Crippen molar-refractivity contribution >= 4 is 23.9 Å². The van der Waals surface area contributed by atoms with Gasteiger partial charge in [-0.25, -0.2) is 9.59 Å². The molecule has 4 atom stereocenters. The molecule has 0 amide bonds. The molecule has 0 aliphatic heterocycles. The summed E-state index contributed by atoms with van der Waals surface area (Å²) in [5.41, 5.74) is -7.95. The summed E-state index contributed by atoms with van der Waals surface area (Å²) in [7, 11) is 0. The summed E-state index contributed by atoms with van der Waals surface area (Å²) in [5.74, 6) is -5.85. The highest BCUT2D eigenvalue weighted by Crippen LogP contribution is 2.94. The molecule has 0 radical (unpaired) electrons. The molecule has 0 aromatic carbocycles. The third-order valence-electron chi connectivity index (χ3n) is 6.07. The summed E-state index contributed by atoms with van der Waals surface area (Å²) in [6, 6.07) is 0. The molecule has 0 aromatic heterocycles. The van der Waals surface area contributed by atoms with E-state index in [1.54, 1.807) is 0 Å². The zero-order valence-electron chi connectivity index (χ0n) is 11.6. The Balaban J connectivity index is 2.44. The first-order chi connectivity index (χ1) is 9.96. The van der Waals surface area contributed by atoms with Crippen LogP contribution in [-0.2, 0) is 19.2 Å². The maximum Gasteiger partial charge on any atom is 0.332 e. The molecular weight excluding hydrogens is 296 g/mol. The number of carboxylic acids is 4. The van der Waals surface area contributed by atoms with Gasteiger partial charge in [-0.05, 0) is 0 Å². The van der Waals surface area contributed by atoms with E-state index < -0.39 is 45.5 Å². The summed E-state index contributed by atoms with van der Waals surface area (Å²) >= 11 is 0. The minimum absolute atomic E-state index is 0.388. The van der Waals surface area contributed by atoms with Crippen LogP contribution in [0.15, 0.2) is 23.3 Å².